The number of aromatic nitrogens is 2. The molecule has 1 aromatic heterocycles. The largest absolute Gasteiger partial charge is 0.478 e. The van der Waals surface area contributed by atoms with Gasteiger partial charge in [0.2, 0.25) is 5.95 Å². The molecule has 0 bridgehead atoms. The van der Waals surface area contributed by atoms with Gasteiger partial charge in [0.05, 0.1) is 22.4 Å². The first-order chi connectivity index (χ1) is 16.4. The van der Waals surface area contributed by atoms with Crippen molar-refractivity contribution in [1.29, 1.82) is 0 Å². The highest BCUT2D eigenvalue weighted by Gasteiger charge is 2.36. The third kappa shape index (κ3) is 5.11. The fraction of sp³-hybridized carbons (Fsp3) is 0.458. The van der Waals surface area contributed by atoms with Gasteiger partial charge in [-0.25, -0.2) is 9.78 Å². The van der Waals surface area contributed by atoms with Gasteiger partial charge < -0.3 is 25.8 Å². The van der Waals surface area contributed by atoms with Crippen molar-refractivity contribution in [2.24, 2.45) is 5.92 Å². The van der Waals surface area contributed by atoms with Gasteiger partial charge in [0.25, 0.3) is 5.56 Å². The third-order valence-corrected chi connectivity index (χ3v) is 6.98. The number of ether oxygens (including phenoxy) is 1. The van der Waals surface area contributed by atoms with E-state index in [2.05, 4.69) is 26.3 Å². The highest BCUT2D eigenvalue weighted by molar-refractivity contribution is 6.33. The summed E-state index contributed by atoms with van der Waals surface area (Å²) in [7, 11) is 1.71. The van der Waals surface area contributed by atoms with Crippen LogP contribution in [0, 0.1) is 5.92 Å². The summed E-state index contributed by atoms with van der Waals surface area (Å²) in [6.45, 7) is 3.18. The molecule has 2 heterocycles. The zero-order valence-corrected chi connectivity index (χ0v) is 19.9. The second-order valence-corrected chi connectivity index (χ2v) is 9.12. The molecule has 2 unspecified atom stereocenters. The number of nitrogens with one attached hydrogen (secondary N) is 2. The number of nitrogen functional groups attached to an aromatic ring is 1. The van der Waals surface area contributed by atoms with Crippen molar-refractivity contribution in [3.8, 4) is 0 Å². The van der Waals surface area contributed by atoms with Crippen LogP contribution in [0.25, 0.3) is 5.57 Å². The molecule has 1 aliphatic heterocycles. The number of allylic oxidation sites excluding steroid dienone is 1. The first-order valence-electron chi connectivity index (χ1n) is 11.5. The molecule has 4 rings (SSSR count). The van der Waals surface area contributed by atoms with Gasteiger partial charge in [-0.05, 0) is 61.5 Å². The molecule has 34 heavy (non-hydrogen) atoms. The third-order valence-electron chi connectivity index (χ3n) is 6.66. The van der Waals surface area contributed by atoms with Crippen LogP contribution in [0.5, 0.6) is 0 Å². The Hall–Kier alpha value is -2.88. The van der Waals surface area contributed by atoms with Gasteiger partial charge in [-0.1, -0.05) is 17.7 Å². The van der Waals surface area contributed by atoms with E-state index >= 15 is 0 Å². The molecule has 1 aliphatic carbocycles. The van der Waals surface area contributed by atoms with Crippen LogP contribution in [-0.4, -0.2) is 65.3 Å². The van der Waals surface area contributed by atoms with Gasteiger partial charge >= 0.3 is 5.97 Å². The van der Waals surface area contributed by atoms with Crippen LogP contribution >= 0.6 is 11.6 Å². The molecular weight excluding hydrogens is 458 g/mol. The van der Waals surface area contributed by atoms with Gasteiger partial charge in [-0.15, -0.1) is 0 Å². The van der Waals surface area contributed by atoms with E-state index in [-0.39, 0.29) is 23.1 Å². The number of carboxylic acid groups (broad SMARTS) is 1. The fourth-order valence-electron chi connectivity index (χ4n) is 5.03. The van der Waals surface area contributed by atoms with Crippen LogP contribution in [0.1, 0.15) is 40.7 Å². The Bertz CT molecular complexity index is 1150. The highest BCUT2D eigenvalue weighted by atomic mass is 35.5. The number of hydrogen-bond acceptors (Lipinski definition) is 7. The number of benzene rings is 1. The topological polar surface area (TPSA) is 134 Å². The van der Waals surface area contributed by atoms with Crippen LogP contribution in [-0.2, 0) is 11.2 Å². The van der Waals surface area contributed by atoms with Crippen molar-refractivity contribution in [3.05, 3.63) is 56.5 Å². The molecular formula is C24H30ClN5O4. The van der Waals surface area contributed by atoms with Crippen molar-refractivity contribution < 1.29 is 14.6 Å². The lowest BCUT2D eigenvalue weighted by Gasteiger charge is -2.40. The van der Waals surface area contributed by atoms with Crippen LogP contribution < -0.4 is 16.6 Å². The quantitative estimate of drug-likeness (QED) is 0.330. The summed E-state index contributed by atoms with van der Waals surface area (Å²) in [5.41, 5.74) is 9.30. The Balaban J connectivity index is 1.43. The Kier molecular flexibility index (Phi) is 7.55. The van der Waals surface area contributed by atoms with E-state index < -0.39 is 5.97 Å². The highest BCUT2D eigenvalue weighted by Crippen LogP contribution is 2.43. The first kappa shape index (κ1) is 24.3. The van der Waals surface area contributed by atoms with Crippen molar-refractivity contribution in [3.63, 3.8) is 0 Å². The molecule has 5 N–H and O–H groups in total. The van der Waals surface area contributed by atoms with E-state index in [0.29, 0.717) is 29.6 Å². The Labute approximate surface area is 203 Å². The lowest BCUT2D eigenvalue weighted by molar-refractivity contribution is 0.00749. The van der Waals surface area contributed by atoms with E-state index in [1.54, 1.807) is 7.11 Å². The van der Waals surface area contributed by atoms with Crippen LogP contribution in [0.3, 0.4) is 0 Å². The number of piperidine rings is 1. The fourth-order valence-corrected chi connectivity index (χ4v) is 5.26. The lowest BCUT2D eigenvalue weighted by Crippen LogP contribution is -2.46. The number of H-pyrrole nitrogens is 1. The van der Waals surface area contributed by atoms with E-state index in [1.165, 1.54) is 18.3 Å². The van der Waals surface area contributed by atoms with Gasteiger partial charge in [-0.3, -0.25) is 9.78 Å². The predicted molar refractivity (Wildman–Crippen MR) is 132 cm³/mol. The SMILES string of the molecule is COC1CN(CCCNc2nccc(=O)[nH]2)CCC1C1=CCCc2c(N)c(Cl)cc(C(=O)O)c21. The van der Waals surface area contributed by atoms with E-state index in [9.17, 15) is 14.7 Å². The maximum absolute atomic E-state index is 12.0. The average Bonchev–Trinajstić information content (AvgIpc) is 2.83. The summed E-state index contributed by atoms with van der Waals surface area (Å²) in [5, 5.41) is 13.3. The molecule has 10 heteroatoms. The van der Waals surface area contributed by atoms with Crippen LogP contribution in [0.2, 0.25) is 5.02 Å². The van der Waals surface area contributed by atoms with Crippen molar-refractivity contribution in [1.82, 2.24) is 14.9 Å². The number of rotatable bonds is 8. The predicted octanol–water partition coefficient (Wildman–Crippen LogP) is 2.87. The molecule has 2 atom stereocenters. The lowest BCUT2D eigenvalue weighted by atomic mass is 9.76. The second kappa shape index (κ2) is 10.6. The Morgan fingerprint density at radius 3 is 3.03 bits per heavy atom. The number of nitrogens with zero attached hydrogens (tertiary/aromatic N) is 2. The van der Waals surface area contributed by atoms with Crippen LogP contribution in [0.15, 0.2) is 29.2 Å². The standard InChI is InChI=1S/C24H30ClN5O4/c1-34-19-13-30(10-3-8-27-24-28-9-6-20(31)29-24)11-7-14(19)15-4-2-5-16-21(15)17(23(32)33)12-18(25)22(16)26/h4,6,9,12,14,19H,2-3,5,7-8,10-11,13,26H2,1H3,(H,32,33)(H2,27,28,29,31). The number of nitrogens with two attached hydrogens (primary N) is 1. The number of hydrogen-bond donors (Lipinski definition) is 4. The minimum absolute atomic E-state index is 0.0652. The number of aromatic carboxylic acids is 1. The number of aromatic amines is 1. The normalized spacial score (nSPS) is 20.5. The zero-order valence-electron chi connectivity index (χ0n) is 19.1. The number of methoxy groups -OCH3 is 1. The second-order valence-electron chi connectivity index (χ2n) is 8.71. The van der Waals surface area contributed by atoms with Crippen molar-refractivity contribution in [2.45, 2.75) is 31.8 Å². The van der Waals surface area contributed by atoms with E-state index in [1.807, 2.05) is 0 Å². The molecule has 0 radical (unpaired) electrons. The van der Waals surface area contributed by atoms with Gasteiger partial charge in [0.1, 0.15) is 0 Å². The number of fused-ring (bicyclic) bond motifs is 1. The maximum atomic E-state index is 12.0. The van der Waals surface area contributed by atoms with Crippen LogP contribution in [0.4, 0.5) is 11.6 Å². The Morgan fingerprint density at radius 1 is 1.47 bits per heavy atom. The molecule has 2 aliphatic rings. The van der Waals surface area contributed by atoms with Gasteiger partial charge in [0, 0.05) is 38.4 Å². The van der Waals surface area contributed by atoms with Gasteiger partial charge in [0.15, 0.2) is 0 Å². The average molecular weight is 488 g/mol. The minimum atomic E-state index is -1.00. The smallest absolute Gasteiger partial charge is 0.336 e. The van der Waals surface area contributed by atoms with E-state index in [0.717, 1.165) is 55.6 Å². The summed E-state index contributed by atoms with van der Waals surface area (Å²) < 4.78 is 5.89. The van der Waals surface area contributed by atoms with Gasteiger partial charge in [-0.2, -0.15) is 0 Å². The summed E-state index contributed by atoms with van der Waals surface area (Å²) in [6, 6.07) is 2.85. The molecule has 1 aromatic carbocycles. The summed E-state index contributed by atoms with van der Waals surface area (Å²) in [6.07, 6.45) is 6.76. The minimum Gasteiger partial charge on any atom is -0.478 e. The molecule has 0 amide bonds. The molecule has 1 fully saturated rings. The van der Waals surface area contributed by atoms with Crippen molar-refractivity contribution >= 4 is 34.8 Å². The monoisotopic (exact) mass is 487 g/mol. The number of carbonyl (C=O) groups is 1. The molecule has 0 saturated carbocycles. The summed E-state index contributed by atoms with van der Waals surface area (Å²) in [4.78, 5) is 32.5. The summed E-state index contributed by atoms with van der Waals surface area (Å²) >= 11 is 6.25. The molecule has 2 aromatic rings. The first-order valence-corrected chi connectivity index (χ1v) is 11.9. The number of carboxylic acids is 1. The Morgan fingerprint density at radius 2 is 2.29 bits per heavy atom. The molecule has 182 valence electrons. The van der Waals surface area contributed by atoms with Crippen molar-refractivity contribution in [2.75, 3.05) is 44.3 Å². The maximum Gasteiger partial charge on any atom is 0.336 e. The number of anilines is 2. The summed E-state index contributed by atoms with van der Waals surface area (Å²) in [5.74, 6) is -0.452. The molecule has 1 saturated heterocycles. The number of likely N-dealkylation sites (tertiary alicyclic amines) is 1. The zero-order chi connectivity index (χ0) is 24.2. The molecule has 0 spiro atoms. The number of halogens is 1. The van der Waals surface area contributed by atoms with E-state index in [4.69, 9.17) is 22.1 Å². The molecule has 9 nitrogen and oxygen atoms in total.